The SMILES string of the molecule is CCOCCOCCOCCOCCOCCOCCNC(=O)C(CCCN=C(N)N)NC(=O)CNC(=O)CNC(=O)CNC(=O)C(CCCN=C(N)N)NC(=O)[C@@H](CCCN=C(N)N)NC(=O)C(CCCN=C(N)N)NC(C)=O. The van der Waals surface area contributed by atoms with Crippen molar-refractivity contribution in [1.82, 2.24) is 42.5 Å². The Labute approximate surface area is 466 Å². The first kappa shape index (κ1) is 72.6. The van der Waals surface area contributed by atoms with Gasteiger partial charge in [0.2, 0.25) is 47.3 Å². The molecule has 458 valence electrons. The molecule has 24 N–H and O–H groups in total. The minimum absolute atomic E-state index is 0.0153. The first-order valence-electron chi connectivity index (χ1n) is 26.2. The molecule has 3 unspecified atom stereocenters. The number of amides is 8. The molecule has 34 nitrogen and oxygen atoms in total. The molecule has 0 fully saturated rings. The predicted octanol–water partition coefficient (Wildman–Crippen LogP) is -8.26. The molecular weight excluding hydrogens is 1060 g/mol. The van der Waals surface area contributed by atoms with Crippen molar-refractivity contribution in [2.24, 2.45) is 65.8 Å². The van der Waals surface area contributed by atoms with E-state index in [-0.39, 0.29) is 108 Å². The van der Waals surface area contributed by atoms with E-state index < -0.39 is 91.1 Å². The largest absolute Gasteiger partial charge is 0.379 e. The summed E-state index contributed by atoms with van der Waals surface area (Å²) in [4.78, 5) is 120. The van der Waals surface area contributed by atoms with Crippen molar-refractivity contribution in [2.45, 2.75) is 89.4 Å². The fourth-order valence-electron chi connectivity index (χ4n) is 6.51. The third-order valence-electron chi connectivity index (χ3n) is 10.3. The Morgan fingerprint density at radius 1 is 0.362 bits per heavy atom. The molecule has 0 saturated heterocycles. The highest BCUT2D eigenvalue weighted by atomic mass is 16.6. The summed E-state index contributed by atoms with van der Waals surface area (Å²) in [7, 11) is 0. The van der Waals surface area contributed by atoms with Crippen LogP contribution in [0, 0.1) is 0 Å². The second-order valence-electron chi connectivity index (χ2n) is 17.1. The summed E-state index contributed by atoms with van der Waals surface area (Å²) in [5, 5.41) is 20.0. The highest BCUT2D eigenvalue weighted by Crippen LogP contribution is 2.07. The van der Waals surface area contributed by atoms with Gasteiger partial charge in [-0.25, -0.2) is 0 Å². The molecule has 0 aromatic heterocycles. The normalized spacial score (nSPS) is 12.2. The molecule has 0 radical (unpaired) electrons. The lowest BCUT2D eigenvalue weighted by molar-refractivity contribution is -0.134. The number of hydrogen-bond donors (Lipinski definition) is 16. The van der Waals surface area contributed by atoms with Crippen molar-refractivity contribution in [1.29, 1.82) is 0 Å². The van der Waals surface area contributed by atoms with E-state index in [1.54, 1.807) is 0 Å². The first-order valence-corrected chi connectivity index (χ1v) is 26.2. The Hall–Kier alpha value is -7.40. The molecule has 4 atom stereocenters. The Kier molecular flexibility index (Phi) is 43.2. The van der Waals surface area contributed by atoms with Crippen LogP contribution in [0.4, 0.5) is 0 Å². The van der Waals surface area contributed by atoms with E-state index in [4.69, 9.17) is 74.3 Å². The lowest BCUT2D eigenvalue weighted by Crippen LogP contribution is -2.57. The third kappa shape index (κ3) is 43.6. The monoisotopic (exact) mass is 1150 g/mol. The lowest BCUT2D eigenvalue weighted by Gasteiger charge is -2.25. The molecule has 0 heterocycles. The van der Waals surface area contributed by atoms with Crippen LogP contribution in [0.25, 0.3) is 0 Å². The average Bonchev–Trinajstić information content (AvgIpc) is 3.40. The molecule has 0 bridgehead atoms. The van der Waals surface area contributed by atoms with E-state index in [0.717, 1.165) is 0 Å². The molecule has 0 rings (SSSR count). The molecule has 34 heteroatoms. The molecular formula is C46H90N20O14. The van der Waals surface area contributed by atoms with E-state index in [9.17, 15) is 38.4 Å². The molecule has 0 saturated carbocycles. The number of nitrogens with zero attached hydrogens (tertiary/aromatic N) is 4. The molecule has 0 aromatic rings. The molecule has 0 aliphatic heterocycles. The van der Waals surface area contributed by atoms with Crippen LogP contribution in [-0.2, 0) is 66.8 Å². The fraction of sp³-hybridized carbons (Fsp3) is 0.739. The summed E-state index contributed by atoms with van der Waals surface area (Å²) < 4.78 is 32.4. The van der Waals surface area contributed by atoms with Crippen molar-refractivity contribution in [3.05, 3.63) is 0 Å². The van der Waals surface area contributed by atoms with Crippen molar-refractivity contribution >= 4 is 71.1 Å². The summed E-state index contributed by atoms with van der Waals surface area (Å²) in [6.45, 7) is 6.82. The quantitative estimate of drug-likeness (QED) is 0.0153. The third-order valence-corrected chi connectivity index (χ3v) is 10.3. The van der Waals surface area contributed by atoms with E-state index in [2.05, 4.69) is 62.5 Å². The number of aliphatic imine (C=N–C) groups is 4. The number of ether oxygens (including phenoxy) is 6. The smallest absolute Gasteiger partial charge is 0.243 e. The number of nitrogens with one attached hydrogen (secondary N) is 8. The highest BCUT2D eigenvalue weighted by Gasteiger charge is 2.29. The van der Waals surface area contributed by atoms with Gasteiger partial charge in [-0.2, -0.15) is 0 Å². The van der Waals surface area contributed by atoms with Gasteiger partial charge < -0.3 is 117 Å². The van der Waals surface area contributed by atoms with Gasteiger partial charge in [-0.05, 0) is 58.3 Å². The number of carbonyl (C=O) groups excluding carboxylic acids is 8. The number of nitrogens with two attached hydrogens (primary N) is 8. The van der Waals surface area contributed by atoms with Gasteiger partial charge >= 0.3 is 0 Å². The van der Waals surface area contributed by atoms with Gasteiger partial charge in [-0.1, -0.05) is 0 Å². The topological polar surface area (TPSA) is 546 Å². The molecule has 8 amide bonds. The summed E-state index contributed by atoms with van der Waals surface area (Å²) in [6, 6.07) is -4.69. The average molecular weight is 1150 g/mol. The summed E-state index contributed by atoms with van der Waals surface area (Å²) in [6.07, 6.45) is 1.17. The molecule has 0 aromatic carbocycles. The van der Waals surface area contributed by atoms with Crippen molar-refractivity contribution in [3.8, 4) is 0 Å². The highest BCUT2D eigenvalue weighted by molar-refractivity contribution is 5.95. The van der Waals surface area contributed by atoms with Crippen molar-refractivity contribution < 1.29 is 66.8 Å². The van der Waals surface area contributed by atoms with Gasteiger partial charge in [0.25, 0.3) is 0 Å². The summed E-state index contributed by atoms with van der Waals surface area (Å²) in [5.74, 6) is -6.43. The Bertz CT molecular complexity index is 1930. The van der Waals surface area contributed by atoms with Crippen LogP contribution in [-0.4, -0.2) is 227 Å². The van der Waals surface area contributed by atoms with E-state index in [1.807, 2.05) is 6.92 Å². The number of guanidine groups is 4. The van der Waals surface area contributed by atoms with Gasteiger partial charge in [0.05, 0.1) is 92.3 Å². The van der Waals surface area contributed by atoms with Crippen LogP contribution in [0.3, 0.4) is 0 Å². The van der Waals surface area contributed by atoms with Gasteiger partial charge in [0.15, 0.2) is 23.8 Å². The van der Waals surface area contributed by atoms with Gasteiger partial charge in [0.1, 0.15) is 24.2 Å². The van der Waals surface area contributed by atoms with Crippen LogP contribution in [0.2, 0.25) is 0 Å². The summed E-state index contributed by atoms with van der Waals surface area (Å²) in [5.41, 5.74) is 43.3. The van der Waals surface area contributed by atoms with Crippen LogP contribution < -0.4 is 88.4 Å². The summed E-state index contributed by atoms with van der Waals surface area (Å²) >= 11 is 0. The molecule has 0 aliphatic rings. The zero-order chi connectivity index (χ0) is 59.8. The first-order chi connectivity index (χ1) is 38.2. The van der Waals surface area contributed by atoms with Crippen LogP contribution in [0.15, 0.2) is 20.0 Å². The minimum atomic E-state index is -1.30. The minimum Gasteiger partial charge on any atom is -0.379 e. The Morgan fingerprint density at radius 3 is 1.02 bits per heavy atom. The van der Waals surface area contributed by atoms with E-state index >= 15 is 0 Å². The maximum absolute atomic E-state index is 13.8. The standard InChI is InChI=1S/C46H90N20O14/c1-3-75-18-19-77-22-23-79-26-27-80-25-24-78-21-20-76-17-16-55-39(71)32(8-4-12-56-43(47)48)64-38(70)30-61-36(68)28-60-37(69)29-62-40(72)33(9-5-13-57-44(49)50)65-42(74)35(11-7-15-59-46(53)54)66-41(73)34(63-31(2)67)10-6-14-58-45(51)52/h32-35H,3-30H2,1-2H3,(H,55,71)(H,60,69)(H,61,68)(H,62,72)(H,63,67)(H,64,70)(H,65,74)(H,66,73)(H4,47,48,56)(H4,49,50,57)(H4,51,52,58)(H4,53,54,59)/t32?,33?,34?,35-/m1/s1. The molecule has 80 heavy (non-hydrogen) atoms. The lowest BCUT2D eigenvalue weighted by atomic mass is 10.1. The second kappa shape index (κ2) is 47.6. The second-order valence-corrected chi connectivity index (χ2v) is 17.1. The van der Waals surface area contributed by atoms with Crippen molar-refractivity contribution in [2.75, 3.05) is 132 Å². The Balaban J connectivity index is 5.26. The fourth-order valence-corrected chi connectivity index (χ4v) is 6.51. The molecule has 0 spiro atoms. The van der Waals surface area contributed by atoms with Crippen LogP contribution >= 0.6 is 0 Å². The van der Waals surface area contributed by atoms with E-state index in [0.29, 0.717) is 78.9 Å². The van der Waals surface area contributed by atoms with Crippen LogP contribution in [0.5, 0.6) is 0 Å². The number of rotatable bonds is 49. The van der Waals surface area contributed by atoms with Crippen molar-refractivity contribution in [3.63, 3.8) is 0 Å². The maximum Gasteiger partial charge on any atom is 0.243 e. The van der Waals surface area contributed by atoms with Crippen LogP contribution in [0.1, 0.15) is 65.2 Å². The zero-order valence-corrected chi connectivity index (χ0v) is 46.2. The predicted molar refractivity (Wildman–Crippen MR) is 296 cm³/mol. The zero-order valence-electron chi connectivity index (χ0n) is 46.2. The van der Waals surface area contributed by atoms with E-state index in [1.165, 1.54) is 6.92 Å². The number of carbonyl (C=O) groups is 8. The van der Waals surface area contributed by atoms with Gasteiger partial charge in [-0.15, -0.1) is 0 Å². The van der Waals surface area contributed by atoms with Gasteiger partial charge in [-0.3, -0.25) is 58.3 Å². The Morgan fingerprint density at radius 2 is 0.662 bits per heavy atom. The number of hydrogen-bond acceptors (Lipinski definition) is 18. The maximum atomic E-state index is 13.8. The molecule has 0 aliphatic carbocycles. The van der Waals surface area contributed by atoms with Gasteiger partial charge in [0, 0.05) is 46.3 Å².